The second kappa shape index (κ2) is 3.04. The summed E-state index contributed by atoms with van der Waals surface area (Å²) >= 11 is 0. The van der Waals surface area contributed by atoms with E-state index in [0.717, 1.165) is 12.8 Å². The Labute approximate surface area is 78.6 Å². The van der Waals surface area contributed by atoms with Gasteiger partial charge in [-0.1, -0.05) is 5.92 Å². The van der Waals surface area contributed by atoms with Gasteiger partial charge >= 0.3 is 5.97 Å². The molecule has 3 heteroatoms. The quantitative estimate of drug-likeness (QED) is 0.342. The smallest absolute Gasteiger partial charge is 0.384 e. The molecule has 2 N–H and O–H groups in total. The van der Waals surface area contributed by atoms with Crippen molar-refractivity contribution in [3.8, 4) is 11.8 Å². The second-order valence-electron chi connectivity index (χ2n) is 4.41. The van der Waals surface area contributed by atoms with Crippen molar-refractivity contribution in [1.29, 1.82) is 0 Å². The molecule has 0 radical (unpaired) electrons. The van der Waals surface area contributed by atoms with E-state index in [2.05, 4.69) is 11.8 Å². The summed E-state index contributed by atoms with van der Waals surface area (Å²) in [6.07, 6.45) is 1.76. The molecule has 0 bridgehead atoms. The van der Waals surface area contributed by atoms with Gasteiger partial charge in [-0.3, -0.25) is 0 Å². The minimum Gasteiger partial charge on any atom is -0.450 e. The largest absolute Gasteiger partial charge is 0.450 e. The monoisotopic (exact) mass is 181 g/mol. The van der Waals surface area contributed by atoms with Gasteiger partial charge in [0.1, 0.15) is 5.60 Å². The highest BCUT2D eigenvalue weighted by molar-refractivity contribution is 5.89. The van der Waals surface area contributed by atoms with Gasteiger partial charge in [-0.05, 0) is 33.6 Å². The molecule has 13 heavy (non-hydrogen) atoms. The van der Waals surface area contributed by atoms with Crippen molar-refractivity contribution in [3.05, 3.63) is 0 Å². The Morgan fingerprint density at radius 1 is 1.46 bits per heavy atom. The van der Waals surface area contributed by atoms with Gasteiger partial charge in [0, 0.05) is 5.92 Å². The second-order valence-corrected chi connectivity index (χ2v) is 4.41. The Hall–Kier alpha value is -1.01. The maximum atomic E-state index is 11.1. The van der Waals surface area contributed by atoms with E-state index >= 15 is 0 Å². The highest BCUT2D eigenvalue weighted by Gasteiger charge is 2.36. The summed E-state index contributed by atoms with van der Waals surface area (Å²) in [6.45, 7) is 5.42. The third-order valence-electron chi connectivity index (χ3n) is 1.60. The molecule has 1 saturated carbocycles. The van der Waals surface area contributed by atoms with Gasteiger partial charge in [0.2, 0.25) is 0 Å². The lowest BCUT2D eigenvalue weighted by Gasteiger charge is -2.16. The van der Waals surface area contributed by atoms with E-state index in [1.54, 1.807) is 0 Å². The van der Waals surface area contributed by atoms with Crippen LogP contribution >= 0.6 is 0 Å². The lowest BCUT2D eigenvalue weighted by atomic mass is 10.2. The van der Waals surface area contributed by atoms with E-state index in [4.69, 9.17) is 10.5 Å². The van der Waals surface area contributed by atoms with Crippen LogP contribution in [0.4, 0.5) is 0 Å². The van der Waals surface area contributed by atoms with Crippen LogP contribution in [0.2, 0.25) is 0 Å². The van der Waals surface area contributed by atoms with Crippen LogP contribution in [0.25, 0.3) is 0 Å². The molecule has 3 nitrogen and oxygen atoms in total. The molecule has 0 atom stereocenters. The number of nitrogens with two attached hydrogens (primary N) is 1. The minimum absolute atomic E-state index is 0.406. The van der Waals surface area contributed by atoms with Crippen LogP contribution in [0.15, 0.2) is 0 Å². The zero-order valence-electron chi connectivity index (χ0n) is 8.31. The Kier molecular flexibility index (Phi) is 2.36. The topological polar surface area (TPSA) is 52.3 Å². The van der Waals surface area contributed by atoms with Crippen LogP contribution in [-0.4, -0.2) is 17.1 Å². The molecule has 1 fully saturated rings. The molecule has 0 aromatic heterocycles. The van der Waals surface area contributed by atoms with Crippen LogP contribution in [0.1, 0.15) is 33.6 Å². The molecule has 0 amide bonds. The molecule has 0 aromatic rings. The average molecular weight is 181 g/mol. The summed E-state index contributed by atoms with van der Waals surface area (Å²) in [6, 6.07) is 0. The lowest BCUT2D eigenvalue weighted by Crippen LogP contribution is -2.24. The molecule has 0 aliphatic heterocycles. The molecular formula is C10H15NO2. The zero-order valence-corrected chi connectivity index (χ0v) is 8.31. The normalized spacial score (nSPS) is 18.5. The van der Waals surface area contributed by atoms with Crippen molar-refractivity contribution in [1.82, 2.24) is 0 Å². The van der Waals surface area contributed by atoms with E-state index in [0.29, 0.717) is 0 Å². The number of hydrogen-bond donors (Lipinski definition) is 1. The fourth-order valence-electron chi connectivity index (χ4n) is 0.739. The number of rotatable bonds is 0. The molecule has 0 heterocycles. The summed E-state index contributed by atoms with van der Waals surface area (Å²) in [7, 11) is 0. The Bertz CT molecular complexity index is 274. The van der Waals surface area contributed by atoms with Crippen molar-refractivity contribution in [2.45, 2.75) is 44.8 Å². The van der Waals surface area contributed by atoms with Gasteiger partial charge in [0.15, 0.2) is 0 Å². The van der Waals surface area contributed by atoms with E-state index in [9.17, 15) is 4.79 Å². The maximum Gasteiger partial charge on any atom is 0.384 e. The summed E-state index contributed by atoms with van der Waals surface area (Å²) in [5, 5.41) is 0. The SMILES string of the molecule is CC(C)(C)OC(=O)C#CC1(N)CC1. The molecule has 1 rings (SSSR count). The van der Waals surface area contributed by atoms with Crippen molar-refractivity contribution < 1.29 is 9.53 Å². The predicted octanol–water partition coefficient (Wildman–Crippen LogP) is 0.823. The minimum atomic E-state index is -0.496. The molecular weight excluding hydrogens is 166 g/mol. The van der Waals surface area contributed by atoms with Gasteiger partial charge in [-0.25, -0.2) is 4.79 Å². The number of ether oxygens (including phenoxy) is 1. The standard InChI is InChI=1S/C10H15NO2/c1-9(2,3)13-8(12)4-5-10(11)6-7-10/h6-7,11H2,1-3H3. The van der Waals surface area contributed by atoms with Crippen molar-refractivity contribution >= 4 is 5.97 Å². The number of carbonyl (C=O) groups excluding carboxylic acids is 1. The molecule has 72 valence electrons. The van der Waals surface area contributed by atoms with Crippen molar-refractivity contribution in [3.63, 3.8) is 0 Å². The maximum absolute atomic E-state index is 11.1. The first-order valence-electron chi connectivity index (χ1n) is 4.36. The number of esters is 1. The highest BCUT2D eigenvalue weighted by atomic mass is 16.6. The third kappa shape index (κ3) is 3.95. The number of carbonyl (C=O) groups is 1. The van der Waals surface area contributed by atoms with Gasteiger partial charge in [0.25, 0.3) is 0 Å². The summed E-state index contributed by atoms with van der Waals surface area (Å²) in [5.41, 5.74) is 4.80. The van der Waals surface area contributed by atoms with Crippen molar-refractivity contribution in [2.75, 3.05) is 0 Å². The third-order valence-corrected chi connectivity index (χ3v) is 1.60. The van der Waals surface area contributed by atoms with Gasteiger partial charge in [-0.15, -0.1) is 0 Å². The first kappa shape index (κ1) is 10.1. The lowest BCUT2D eigenvalue weighted by molar-refractivity contribution is -0.147. The first-order chi connectivity index (χ1) is 5.81. The average Bonchev–Trinajstić information content (AvgIpc) is 2.62. The van der Waals surface area contributed by atoms with Crippen LogP contribution in [0.3, 0.4) is 0 Å². The Morgan fingerprint density at radius 3 is 2.38 bits per heavy atom. The summed E-state index contributed by atoms with van der Waals surface area (Å²) in [4.78, 5) is 11.1. The van der Waals surface area contributed by atoms with Gasteiger partial charge in [0.05, 0.1) is 5.54 Å². The van der Waals surface area contributed by atoms with Crippen LogP contribution in [0, 0.1) is 11.8 Å². The molecule has 0 aromatic carbocycles. The fraction of sp³-hybridized carbons (Fsp3) is 0.700. The van der Waals surface area contributed by atoms with E-state index in [-0.39, 0.29) is 0 Å². The summed E-state index contributed by atoms with van der Waals surface area (Å²) in [5.74, 6) is 4.62. The molecule has 1 aliphatic rings. The van der Waals surface area contributed by atoms with E-state index in [1.165, 1.54) is 0 Å². The van der Waals surface area contributed by atoms with Crippen LogP contribution < -0.4 is 5.73 Å². The molecule has 1 aliphatic carbocycles. The fourth-order valence-corrected chi connectivity index (χ4v) is 0.739. The van der Waals surface area contributed by atoms with Crippen LogP contribution in [0.5, 0.6) is 0 Å². The number of hydrogen-bond acceptors (Lipinski definition) is 3. The van der Waals surface area contributed by atoms with Gasteiger partial charge < -0.3 is 10.5 Å². The zero-order chi connectivity index (χ0) is 10.1. The molecule has 0 spiro atoms. The Morgan fingerprint density at radius 2 is 2.00 bits per heavy atom. The van der Waals surface area contributed by atoms with Crippen LogP contribution in [-0.2, 0) is 9.53 Å². The summed E-state index contributed by atoms with van der Waals surface area (Å²) < 4.78 is 4.99. The highest BCUT2D eigenvalue weighted by Crippen LogP contribution is 2.30. The van der Waals surface area contributed by atoms with E-state index < -0.39 is 17.1 Å². The first-order valence-corrected chi connectivity index (χ1v) is 4.36. The predicted molar refractivity (Wildman–Crippen MR) is 49.8 cm³/mol. The van der Waals surface area contributed by atoms with Gasteiger partial charge in [-0.2, -0.15) is 0 Å². The Balaban J connectivity index is 2.44. The molecule has 0 unspecified atom stereocenters. The molecule has 0 saturated heterocycles. The van der Waals surface area contributed by atoms with Crippen molar-refractivity contribution in [2.24, 2.45) is 5.73 Å². The van der Waals surface area contributed by atoms with E-state index in [1.807, 2.05) is 20.8 Å².